The standard InChI is InChI=1S/C12H16N2O/c1-9(15)12(14-3)8-10-4-6-11(13-2)7-5-10/h4-8,13-14H,1-3H3/b12-8-. The summed E-state index contributed by atoms with van der Waals surface area (Å²) in [5.74, 6) is 0.0372. The Labute approximate surface area is 90.2 Å². The van der Waals surface area contributed by atoms with Crippen LogP contribution in [0.4, 0.5) is 5.69 Å². The van der Waals surface area contributed by atoms with Crippen molar-refractivity contribution in [1.82, 2.24) is 5.32 Å². The van der Waals surface area contributed by atoms with Crippen LogP contribution in [0.15, 0.2) is 30.0 Å². The van der Waals surface area contributed by atoms with Gasteiger partial charge in [0.05, 0.1) is 5.70 Å². The molecule has 0 heterocycles. The third-order valence-corrected chi connectivity index (χ3v) is 2.16. The minimum absolute atomic E-state index is 0.0372. The van der Waals surface area contributed by atoms with Crippen molar-refractivity contribution in [3.05, 3.63) is 35.5 Å². The molecule has 0 bridgehead atoms. The third kappa shape index (κ3) is 3.13. The molecular weight excluding hydrogens is 188 g/mol. The van der Waals surface area contributed by atoms with Crippen molar-refractivity contribution in [2.45, 2.75) is 6.92 Å². The van der Waals surface area contributed by atoms with E-state index in [2.05, 4.69) is 10.6 Å². The Morgan fingerprint density at radius 2 is 1.80 bits per heavy atom. The molecule has 0 radical (unpaired) electrons. The van der Waals surface area contributed by atoms with E-state index in [-0.39, 0.29) is 5.78 Å². The maximum absolute atomic E-state index is 11.2. The molecule has 0 aliphatic heterocycles. The molecule has 1 rings (SSSR count). The van der Waals surface area contributed by atoms with Crippen molar-refractivity contribution in [2.75, 3.05) is 19.4 Å². The number of allylic oxidation sites excluding steroid dienone is 1. The van der Waals surface area contributed by atoms with Crippen LogP contribution in [0.1, 0.15) is 12.5 Å². The van der Waals surface area contributed by atoms with E-state index in [4.69, 9.17) is 0 Å². The molecule has 0 atom stereocenters. The van der Waals surface area contributed by atoms with Gasteiger partial charge in [0, 0.05) is 26.7 Å². The molecular formula is C12H16N2O. The first kappa shape index (κ1) is 11.3. The fourth-order valence-corrected chi connectivity index (χ4v) is 1.26. The van der Waals surface area contributed by atoms with Gasteiger partial charge in [0.25, 0.3) is 0 Å². The molecule has 2 N–H and O–H groups in total. The number of carbonyl (C=O) groups excluding carboxylic acids is 1. The molecule has 3 heteroatoms. The number of anilines is 1. The van der Waals surface area contributed by atoms with Crippen LogP contribution >= 0.6 is 0 Å². The summed E-state index contributed by atoms with van der Waals surface area (Å²) in [5.41, 5.74) is 2.68. The molecule has 0 saturated heterocycles. The van der Waals surface area contributed by atoms with Crippen LogP contribution in [-0.2, 0) is 4.79 Å². The first-order valence-corrected chi connectivity index (χ1v) is 4.85. The van der Waals surface area contributed by atoms with E-state index in [1.807, 2.05) is 37.4 Å². The van der Waals surface area contributed by atoms with E-state index in [0.717, 1.165) is 11.3 Å². The Bertz CT molecular complexity index is 366. The third-order valence-electron chi connectivity index (χ3n) is 2.16. The summed E-state index contributed by atoms with van der Waals surface area (Å²) < 4.78 is 0. The quantitative estimate of drug-likeness (QED) is 0.736. The minimum atomic E-state index is 0.0372. The number of ketones is 1. The summed E-state index contributed by atoms with van der Waals surface area (Å²) in [5, 5.41) is 5.92. The van der Waals surface area contributed by atoms with Gasteiger partial charge in [-0.15, -0.1) is 0 Å². The summed E-state index contributed by atoms with van der Waals surface area (Å²) in [4.78, 5) is 11.2. The van der Waals surface area contributed by atoms with Gasteiger partial charge in [-0.25, -0.2) is 0 Å². The molecule has 0 saturated carbocycles. The van der Waals surface area contributed by atoms with Crippen LogP contribution in [-0.4, -0.2) is 19.9 Å². The number of rotatable bonds is 4. The second-order valence-corrected chi connectivity index (χ2v) is 3.24. The van der Waals surface area contributed by atoms with Gasteiger partial charge in [-0.2, -0.15) is 0 Å². The summed E-state index contributed by atoms with van der Waals surface area (Å²) >= 11 is 0. The highest BCUT2D eigenvalue weighted by Gasteiger charge is 2.00. The molecule has 1 aromatic carbocycles. The van der Waals surface area contributed by atoms with Crippen molar-refractivity contribution in [1.29, 1.82) is 0 Å². The zero-order chi connectivity index (χ0) is 11.3. The first-order valence-electron chi connectivity index (χ1n) is 4.85. The Balaban J connectivity index is 2.92. The summed E-state index contributed by atoms with van der Waals surface area (Å²) in [6, 6.07) is 7.87. The number of carbonyl (C=O) groups is 1. The SMILES string of the molecule is CN/C(=C\c1ccc(NC)cc1)C(C)=O. The van der Waals surface area contributed by atoms with E-state index < -0.39 is 0 Å². The highest BCUT2D eigenvalue weighted by molar-refractivity contribution is 5.97. The number of likely N-dealkylation sites (N-methyl/N-ethyl adjacent to an activating group) is 1. The zero-order valence-electron chi connectivity index (χ0n) is 9.29. The van der Waals surface area contributed by atoms with Crippen LogP contribution in [0, 0.1) is 0 Å². The molecule has 80 valence electrons. The monoisotopic (exact) mass is 204 g/mol. The summed E-state index contributed by atoms with van der Waals surface area (Å²) in [6.45, 7) is 1.55. The van der Waals surface area contributed by atoms with Gasteiger partial charge in [-0.05, 0) is 23.8 Å². The van der Waals surface area contributed by atoms with Crippen molar-refractivity contribution in [3.8, 4) is 0 Å². The normalized spacial score (nSPS) is 11.0. The molecule has 0 aromatic heterocycles. The maximum Gasteiger partial charge on any atom is 0.175 e. The van der Waals surface area contributed by atoms with Gasteiger partial charge < -0.3 is 10.6 Å². The molecule has 1 aromatic rings. The van der Waals surface area contributed by atoms with Gasteiger partial charge in [-0.3, -0.25) is 4.79 Å². The zero-order valence-corrected chi connectivity index (χ0v) is 9.29. The van der Waals surface area contributed by atoms with Gasteiger partial charge in [0.15, 0.2) is 5.78 Å². The Hall–Kier alpha value is -1.77. The van der Waals surface area contributed by atoms with E-state index in [1.54, 1.807) is 14.0 Å². The van der Waals surface area contributed by atoms with E-state index in [0.29, 0.717) is 5.70 Å². The van der Waals surface area contributed by atoms with Crippen LogP contribution in [0.5, 0.6) is 0 Å². The van der Waals surface area contributed by atoms with E-state index in [1.165, 1.54) is 0 Å². The fraction of sp³-hybridized carbons (Fsp3) is 0.250. The number of hydrogen-bond acceptors (Lipinski definition) is 3. The van der Waals surface area contributed by atoms with Gasteiger partial charge in [0.2, 0.25) is 0 Å². The predicted molar refractivity (Wildman–Crippen MR) is 63.7 cm³/mol. The van der Waals surface area contributed by atoms with E-state index in [9.17, 15) is 4.79 Å². The van der Waals surface area contributed by atoms with Crippen molar-refractivity contribution in [3.63, 3.8) is 0 Å². The number of Topliss-reactive ketones (excluding diaryl/α,β-unsaturated/α-hetero) is 1. The molecule has 3 nitrogen and oxygen atoms in total. The molecule has 0 unspecified atom stereocenters. The Kier molecular flexibility index (Phi) is 3.92. The molecule has 0 aliphatic rings. The lowest BCUT2D eigenvalue weighted by Crippen LogP contribution is -2.12. The van der Waals surface area contributed by atoms with E-state index >= 15 is 0 Å². The van der Waals surface area contributed by atoms with Gasteiger partial charge >= 0.3 is 0 Å². The number of nitrogens with one attached hydrogen (secondary N) is 2. The summed E-state index contributed by atoms with van der Waals surface area (Å²) in [7, 11) is 3.62. The smallest absolute Gasteiger partial charge is 0.175 e. The van der Waals surface area contributed by atoms with Crippen molar-refractivity contribution >= 4 is 17.5 Å². The fourth-order valence-electron chi connectivity index (χ4n) is 1.26. The van der Waals surface area contributed by atoms with Crippen LogP contribution in [0.3, 0.4) is 0 Å². The van der Waals surface area contributed by atoms with Crippen LogP contribution < -0.4 is 10.6 Å². The maximum atomic E-state index is 11.2. The first-order chi connectivity index (χ1) is 7.17. The topological polar surface area (TPSA) is 41.1 Å². The van der Waals surface area contributed by atoms with Crippen LogP contribution in [0.25, 0.3) is 6.08 Å². The number of hydrogen-bond donors (Lipinski definition) is 2. The van der Waals surface area contributed by atoms with Crippen LogP contribution in [0.2, 0.25) is 0 Å². The number of benzene rings is 1. The molecule has 0 aliphatic carbocycles. The largest absolute Gasteiger partial charge is 0.388 e. The lowest BCUT2D eigenvalue weighted by molar-refractivity contribution is -0.113. The van der Waals surface area contributed by atoms with Crippen molar-refractivity contribution in [2.24, 2.45) is 0 Å². The molecule has 0 fully saturated rings. The van der Waals surface area contributed by atoms with Gasteiger partial charge in [0.1, 0.15) is 0 Å². The molecule has 0 spiro atoms. The highest BCUT2D eigenvalue weighted by Crippen LogP contribution is 2.11. The summed E-state index contributed by atoms with van der Waals surface area (Å²) in [6.07, 6.45) is 1.84. The van der Waals surface area contributed by atoms with Crippen molar-refractivity contribution < 1.29 is 4.79 Å². The average molecular weight is 204 g/mol. The molecule has 15 heavy (non-hydrogen) atoms. The second kappa shape index (κ2) is 5.20. The average Bonchev–Trinajstić information content (AvgIpc) is 2.26. The second-order valence-electron chi connectivity index (χ2n) is 3.24. The predicted octanol–water partition coefficient (Wildman–Crippen LogP) is 1.88. The lowest BCUT2D eigenvalue weighted by atomic mass is 10.1. The Morgan fingerprint density at radius 3 is 2.20 bits per heavy atom. The lowest BCUT2D eigenvalue weighted by Gasteiger charge is -2.03. The molecule has 0 amide bonds. The Morgan fingerprint density at radius 1 is 1.20 bits per heavy atom. The minimum Gasteiger partial charge on any atom is -0.388 e. The highest BCUT2D eigenvalue weighted by atomic mass is 16.1. The van der Waals surface area contributed by atoms with Gasteiger partial charge in [-0.1, -0.05) is 12.1 Å².